The van der Waals surface area contributed by atoms with Crippen molar-refractivity contribution in [3.63, 3.8) is 0 Å². The summed E-state index contributed by atoms with van der Waals surface area (Å²) in [4.78, 5) is 76.9. The van der Waals surface area contributed by atoms with Gasteiger partial charge < -0.3 is 46.3 Å². The van der Waals surface area contributed by atoms with E-state index in [4.69, 9.17) is 41.0 Å². The summed E-state index contributed by atoms with van der Waals surface area (Å²) in [6.45, 7) is 23.8. The van der Waals surface area contributed by atoms with Crippen molar-refractivity contribution >= 4 is 77.8 Å². The highest BCUT2D eigenvalue weighted by atomic mass is 36.0. The number of halogens is 6. The van der Waals surface area contributed by atoms with Crippen LogP contribution in [-0.4, -0.2) is 104 Å². The maximum Gasteiger partial charge on any atom is 0.407 e. The lowest BCUT2D eigenvalue weighted by molar-refractivity contribution is 0.0512. The van der Waals surface area contributed by atoms with Gasteiger partial charge in [-0.15, -0.1) is 11.6 Å². The third-order valence-electron chi connectivity index (χ3n) is 20.9. The molecule has 2 aliphatic rings. The number of hydrogen-bond donors (Lipinski definition) is 6. The van der Waals surface area contributed by atoms with Gasteiger partial charge in [-0.25, -0.2) is 45.8 Å². The van der Waals surface area contributed by atoms with Crippen LogP contribution in [0.25, 0.3) is 17.1 Å². The van der Waals surface area contributed by atoms with Crippen LogP contribution in [0.4, 0.5) is 27.6 Å². The van der Waals surface area contributed by atoms with Crippen LogP contribution in [0.3, 0.4) is 0 Å². The quantitative estimate of drug-likeness (QED) is 0.0115. The van der Waals surface area contributed by atoms with Gasteiger partial charge in [-0.2, -0.15) is 31.1 Å². The standard InChI is InChI=1S/C36H38FN5O3.C32H30ClFN4O3.C32H31FN4O4.C4H9N.Cl2OS/c1-23-15-32(42(41-23)30-10-6-8-26(17-30)22-40-35(44)45-36(2,3)4)33(43)19-29-18-28(13-14-31(29)37)34(39-21-24-11-12-24)27-9-5-7-25(16-27)20-38;1-20-13-28(38(37-20)26-10-6-8-22(15-26)19-36-31(40)41-32(2,3)4)29(39)17-25-16-24(11-12-27(25)34)30(33)23-9-5-7-21(14-23)18-35;1-20-13-28(37(36-20)26-10-6-8-22(15-26)19-35-31(40)41-32(2,3)4)29(38)17-25-16-24(11-12-27(25)33)30(39)23-9-5-7-21(14-23)18-34;5-3-4-1-2-4;1-4(2)3/h5-10,13-18,24,34,39H,11-12,19,21-22H2,1-4H3,(H,40,44);5-16,30H,17,19H2,1-4H3,(H,36,40);5-16,30,39H,17,19H2,1-4H3,(H,35,40);4H,1-3,5H2;. The van der Waals surface area contributed by atoms with Gasteiger partial charge in [0.05, 0.1) is 80.5 Å². The second kappa shape index (κ2) is 48.2. The lowest BCUT2D eigenvalue weighted by Gasteiger charge is -2.21. The highest BCUT2D eigenvalue weighted by molar-refractivity contribution is 8.26. The van der Waals surface area contributed by atoms with Gasteiger partial charge in [0.1, 0.15) is 57.4 Å². The Kier molecular flexibility index (Phi) is 37.1. The molecule has 2 aliphatic carbocycles. The fraction of sp³-hybridized carbons (Fsp3) is 0.308. The number of benzene rings is 9. The van der Waals surface area contributed by atoms with Crippen LogP contribution >= 0.6 is 33.0 Å². The molecule has 0 saturated heterocycles. The van der Waals surface area contributed by atoms with Crippen LogP contribution < -0.4 is 27.0 Å². The molecule has 3 aromatic heterocycles. The first-order valence-electron chi connectivity index (χ1n) is 43.9. The van der Waals surface area contributed by atoms with Crippen LogP contribution in [0.5, 0.6) is 0 Å². The number of ether oxygens (including phenoxy) is 3. The molecule has 136 heavy (non-hydrogen) atoms. The molecule has 0 spiro atoms. The molecule has 7 N–H and O–H groups in total. The van der Waals surface area contributed by atoms with Gasteiger partial charge >= 0.3 is 18.3 Å². The summed E-state index contributed by atoms with van der Waals surface area (Å²) in [5.41, 5.74) is 16.4. The molecule has 3 heterocycles. The number of amides is 3. The highest BCUT2D eigenvalue weighted by Crippen LogP contribution is 2.35. The minimum Gasteiger partial charge on any atom is -0.444 e. The van der Waals surface area contributed by atoms with E-state index in [1.165, 1.54) is 65.4 Å². The lowest BCUT2D eigenvalue weighted by Crippen LogP contribution is -2.32. The maximum atomic E-state index is 15.2. The van der Waals surface area contributed by atoms with Crippen LogP contribution in [0.1, 0.15) is 238 Å². The summed E-state index contributed by atoms with van der Waals surface area (Å²) in [6.07, 6.45) is 1.83. The SMILES string of the molecule is Cc1cc(C(=O)Cc2cc(C(Cl)c3cccc(C#N)c3)ccc2F)n(-c2cccc(CNC(=O)OC(C)(C)C)c2)n1.Cc1cc(C(=O)Cc2cc(C(NCC3CC3)c3cccc(C#N)c3)ccc2F)n(-c2cccc(CNC(=O)OC(C)(C)C)c2)n1.Cc1cc(C(=O)Cc2cc(C(O)c3cccc(C#N)c3)ccc2F)n(-c2cccc(CNC(=O)OC(C)(C)C)c2)n1.NCC1CC1.O=S(Cl)Cl. The average Bonchev–Trinajstić information content (AvgIpc) is 1.55. The third kappa shape index (κ3) is 32.4. The van der Waals surface area contributed by atoms with E-state index in [-0.39, 0.29) is 84.7 Å². The first-order valence-corrected chi connectivity index (χ1v) is 47.1. The third-order valence-corrected chi connectivity index (χ3v) is 21.4. The Morgan fingerprint density at radius 2 is 0.743 bits per heavy atom. The van der Waals surface area contributed by atoms with Crippen LogP contribution in [0.15, 0.2) is 218 Å². The number of rotatable bonds is 28. The zero-order valence-corrected chi connectivity index (χ0v) is 80.5. The minimum absolute atomic E-state index is 0.128. The van der Waals surface area contributed by atoms with Gasteiger partial charge in [0.2, 0.25) is 9.23 Å². The summed E-state index contributed by atoms with van der Waals surface area (Å²) >= 11 is 6.67. The second-order valence-electron chi connectivity index (χ2n) is 35.8. The van der Waals surface area contributed by atoms with Gasteiger partial charge in [0.25, 0.3) is 0 Å². The number of nitrogens with zero attached hydrogens (tertiary/aromatic N) is 9. The molecule has 12 aromatic rings. The molecule has 2 fully saturated rings. The molecule has 25 nitrogen and oxygen atoms in total. The monoisotopic (exact) mass is 1920 g/mol. The van der Waals surface area contributed by atoms with E-state index in [0.717, 1.165) is 46.8 Å². The van der Waals surface area contributed by atoms with E-state index in [2.05, 4.69) is 70.1 Å². The Bertz CT molecular complexity index is 6200. The predicted molar refractivity (Wildman–Crippen MR) is 517 cm³/mol. The van der Waals surface area contributed by atoms with Gasteiger partial charge in [0, 0.05) is 60.3 Å². The van der Waals surface area contributed by atoms with E-state index < -0.39 is 73.2 Å². The number of Topliss-reactive ketones (excluding diaryl/α,β-unsaturated/α-hetero) is 3. The van der Waals surface area contributed by atoms with E-state index in [1.807, 2.05) is 66.7 Å². The van der Waals surface area contributed by atoms with E-state index in [0.29, 0.717) is 90.4 Å². The van der Waals surface area contributed by atoms with Gasteiger partial charge in [-0.05, 0) is 316 Å². The van der Waals surface area contributed by atoms with Crippen LogP contribution in [0.2, 0.25) is 0 Å². The zero-order valence-electron chi connectivity index (χ0n) is 77.5. The molecule has 0 bridgehead atoms. The van der Waals surface area contributed by atoms with Crippen molar-refractivity contribution in [2.24, 2.45) is 17.6 Å². The van der Waals surface area contributed by atoms with E-state index in [1.54, 1.807) is 215 Å². The van der Waals surface area contributed by atoms with Crippen molar-refractivity contribution in [2.75, 3.05) is 13.1 Å². The minimum atomic E-state index is -1.67. The van der Waals surface area contributed by atoms with Crippen molar-refractivity contribution in [1.29, 1.82) is 15.8 Å². The molecule has 708 valence electrons. The molecule has 3 unspecified atom stereocenters. The first-order chi connectivity index (χ1) is 64.5. The van der Waals surface area contributed by atoms with Crippen molar-refractivity contribution in [2.45, 2.75) is 182 Å². The van der Waals surface area contributed by atoms with Crippen molar-refractivity contribution in [3.05, 3.63) is 353 Å². The number of aromatic nitrogens is 6. The Labute approximate surface area is 805 Å². The lowest BCUT2D eigenvalue weighted by atomic mass is 9.94. The van der Waals surface area contributed by atoms with Crippen molar-refractivity contribution < 1.29 is 65.5 Å². The topological polar surface area (TPSA) is 366 Å². The molecular formula is C104H108Cl3F3N14O11S. The fourth-order valence-corrected chi connectivity index (χ4v) is 14.4. The summed E-state index contributed by atoms with van der Waals surface area (Å²) in [5, 5.41) is 63.4. The van der Waals surface area contributed by atoms with Crippen LogP contribution in [-0.2, 0) is 62.3 Å². The molecule has 9 aromatic carbocycles. The Balaban J connectivity index is 0.000000201. The zero-order chi connectivity index (χ0) is 98.9. The summed E-state index contributed by atoms with van der Waals surface area (Å²) < 4.78 is 74.4. The number of carbonyl (C=O) groups excluding carboxylic acids is 6. The highest BCUT2D eigenvalue weighted by Gasteiger charge is 2.29. The maximum absolute atomic E-state index is 15.2. The number of carbonyl (C=O) groups is 6. The Morgan fingerprint density at radius 1 is 0.449 bits per heavy atom. The smallest absolute Gasteiger partial charge is 0.407 e. The summed E-state index contributed by atoms with van der Waals surface area (Å²) in [6, 6.07) is 67.2. The Morgan fingerprint density at radius 3 is 1.09 bits per heavy atom. The number of hydrogen-bond acceptors (Lipinski definition) is 19. The van der Waals surface area contributed by atoms with Crippen LogP contribution in [0, 0.1) is 84.1 Å². The number of ketones is 3. The van der Waals surface area contributed by atoms with E-state index in [9.17, 15) is 53.2 Å². The van der Waals surface area contributed by atoms with Gasteiger partial charge in [-0.1, -0.05) is 103 Å². The summed E-state index contributed by atoms with van der Waals surface area (Å²) in [7, 11) is 7.36. The number of aryl methyl sites for hydroxylation is 3. The number of alkyl carbamates (subject to hydrolysis) is 3. The number of alkyl halides is 1. The first kappa shape index (κ1) is 105. The predicted octanol–water partition coefficient (Wildman–Crippen LogP) is 20.8. The average molecular weight is 1930 g/mol. The van der Waals surface area contributed by atoms with Gasteiger partial charge in [0.15, 0.2) is 17.3 Å². The number of nitrogens with two attached hydrogens (primary N) is 1. The molecule has 32 heteroatoms. The molecule has 2 saturated carbocycles. The molecule has 3 atom stereocenters. The Hall–Kier alpha value is -13.4. The molecule has 3 amide bonds. The normalized spacial score (nSPS) is 12.8. The van der Waals surface area contributed by atoms with Crippen molar-refractivity contribution in [1.82, 2.24) is 50.6 Å². The van der Waals surface area contributed by atoms with Gasteiger partial charge in [-0.3, -0.25) is 14.4 Å². The summed E-state index contributed by atoms with van der Waals surface area (Å²) in [5.74, 6) is -0.989. The number of aliphatic hydroxyl groups is 1. The molecular weight excluding hydrogens is 1820 g/mol. The fourth-order valence-electron chi connectivity index (χ4n) is 14.1. The molecule has 0 radical (unpaired) electrons. The second-order valence-corrected chi connectivity index (χ2v) is 38.8. The van der Waals surface area contributed by atoms with E-state index >= 15 is 4.39 Å². The number of aliphatic hydroxyl groups excluding tert-OH is 1. The van der Waals surface area contributed by atoms with Crippen molar-refractivity contribution in [3.8, 4) is 35.3 Å². The molecule has 14 rings (SSSR count). The number of nitrogens with one attached hydrogen (secondary N) is 4. The number of nitriles is 3. The largest absolute Gasteiger partial charge is 0.444 e. The molecule has 0 aliphatic heterocycles.